The normalized spacial score (nSPS) is 10.7. The quantitative estimate of drug-likeness (QED) is 0.797. The summed E-state index contributed by atoms with van der Waals surface area (Å²) in [7, 11) is 0. The maximum atomic E-state index is 9.52. The minimum Gasteiger partial charge on any atom is -0.392 e. The van der Waals surface area contributed by atoms with E-state index in [9.17, 15) is 5.11 Å². The van der Waals surface area contributed by atoms with Gasteiger partial charge in [-0.25, -0.2) is 0 Å². The van der Waals surface area contributed by atoms with Gasteiger partial charge in [0.25, 0.3) is 0 Å². The Bertz CT molecular complexity index is 737. The van der Waals surface area contributed by atoms with E-state index in [1.54, 1.807) is 11.3 Å². The van der Waals surface area contributed by atoms with E-state index in [0.29, 0.717) is 0 Å². The molecule has 0 amide bonds. The summed E-state index contributed by atoms with van der Waals surface area (Å²) >= 11 is 1.58. The molecule has 1 aromatic heterocycles. The second-order valence-electron chi connectivity index (χ2n) is 4.49. The molecule has 4 heteroatoms. The highest BCUT2D eigenvalue weighted by atomic mass is 32.1. The largest absolute Gasteiger partial charge is 0.392 e. The van der Waals surface area contributed by atoms with Crippen LogP contribution in [0, 0.1) is 6.92 Å². The first-order valence-corrected chi connectivity index (χ1v) is 7.20. The van der Waals surface area contributed by atoms with Crippen molar-refractivity contribution >= 4 is 11.3 Å². The van der Waals surface area contributed by atoms with Crippen LogP contribution in [0.1, 0.15) is 10.6 Å². The van der Waals surface area contributed by atoms with Crippen molar-refractivity contribution < 1.29 is 5.11 Å². The first-order chi connectivity index (χ1) is 9.79. The number of rotatable bonds is 3. The average molecular weight is 282 g/mol. The Morgan fingerprint density at radius 1 is 0.900 bits per heavy atom. The van der Waals surface area contributed by atoms with Crippen LogP contribution in [0.3, 0.4) is 0 Å². The zero-order valence-electron chi connectivity index (χ0n) is 11.1. The smallest absolute Gasteiger partial charge is 0.148 e. The molecule has 0 bridgehead atoms. The summed E-state index contributed by atoms with van der Waals surface area (Å²) in [4.78, 5) is 0. The Hall–Kier alpha value is -2.04. The van der Waals surface area contributed by atoms with E-state index in [1.165, 1.54) is 0 Å². The van der Waals surface area contributed by atoms with Crippen LogP contribution in [0.15, 0.2) is 48.5 Å². The summed E-state index contributed by atoms with van der Waals surface area (Å²) in [6, 6.07) is 16.0. The van der Waals surface area contributed by atoms with E-state index >= 15 is 0 Å². The maximum absolute atomic E-state index is 9.52. The van der Waals surface area contributed by atoms with Crippen molar-refractivity contribution in [3.05, 3.63) is 59.1 Å². The molecule has 1 heterocycles. The van der Waals surface area contributed by atoms with Crippen molar-refractivity contribution in [1.29, 1.82) is 0 Å². The topological polar surface area (TPSA) is 46.0 Å². The Labute approximate surface area is 121 Å². The fraction of sp³-hybridized carbons (Fsp3) is 0.125. The van der Waals surface area contributed by atoms with Gasteiger partial charge < -0.3 is 5.11 Å². The second kappa shape index (κ2) is 5.53. The minimum atomic E-state index is 0.0274. The van der Waals surface area contributed by atoms with E-state index < -0.39 is 0 Å². The summed E-state index contributed by atoms with van der Waals surface area (Å²) in [6.07, 6.45) is 0. The van der Waals surface area contributed by atoms with Crippen LogP contribution < -0.4 is 0 Å². The summed E-state index contributed by atoms with van der Waals surface area (Å²) in [5.74, 6) is 0. The van der Waals surface area contributed by atoms with Gasteiger partial charge in [-0.05, 0) is 23.6 Å². The molecule has 0 fully saturated rings. The minimum absolute atomic E-state index is 0.0274. The number of hydrogen-bond donors (Lipinski definition) is 1. The Balaban J connectivity index is 2.20. The Morgan fingerprint density at radius 3 is 2.20 bits per heavy atom. The predicted molar refractivity (Wildman–Crippen MR) is 81.4 cm³/mol. The molecular formula is C16H14N2OS. The van der Waals surface area contributed by atoms with Crippen LogP contribution in [0.25, 0.3) is 21.7 Å². The van der Waals surface area contributed by atoms with Crippen LogP contribution in [-0.4, -0.2) is 15.3 Å². The lowest BCUT2D eigenvalue weighted by Gasteiger charge is -2.10. The number of nitrogens with zero attached hydrogens (tertiary/aromatic N) is 2. The number of hydrogen-bond acceptors (Lipinski definition) is 4. The van der Waals surface area contributed by atoms with Crippen LogP contribution in [0.4, 0.5) is 0 Å². The molecule has 0 unspecified atom stereocenters. The van der Waals surface area contributed by atoms with Gasteiger partial charge >= 0.3 is 0 Å². The van der Waals surface area contributed by atoms with Gasteiger partial charge in [0.15, 0.2) is 0 Å². The maximum Gasteiger partial charge on any atom is 0.148 e. The molecule has 0 aliphatic rings. The molecule has 0 radical (unpaired) electrons. The van der Waals surface area contributed by atoms with E-state index in [1.807, 2.05) is 49.4 Å². The summed E-state index contributed by atoms with van der Waals surface area (Å²) in [5.41, 5.74) is 4.09. The summed E-state index contributed by atoms with van der Waals surface area (Å²) < 4.78 is 0. The molecule has 0 spiro atoms. The first-order valence-electron chi connectivity index (χ1n) is 6.38. The molecule has 0 aliphatic carbocycles. The summed E-state index contributed by atoms with van der Waals surface area (Å²) in [5, 5.41) is 19.7. The highest BCUT2D eigenvalue weighted by Gasteiger charge is 2.12. The van der Waals surface area contributed by atoms with Gasteiger partial charge in [-0.2, -0.15) is 0 Å². The summed E-state index contributed by atoms with van der Waals surface area (Å²) in [6.45, 7) is 1.98. The van der Waals surface area contributed by atoms with Crippen LogP contribution >= 0.6 is 11.3 Å². The molecule has 100 valence electrons. The van der Waals surface area contributed by atoms with E-state index in [0.717, 1.165) is 32.3 Å². The number of aliphatic hydroxyl groups excluding tert-OH is 1. The van der Waals surface area contributed by atoms with Crippen molar-refractivity contribution in [2.24, 2.45) is 0 Å². The highest BCUT2D eigenvalue weighted by Crippen LogP contribution is 2.35. The number of aliphatic hydroxyl groups is 1. The first kappa shape index (κ1) is 13.0. The molecule has 3 rings (SSSR count). The van der Waals surface area contributed by atoms with Gasteiger partial charge in [0.05, 0.1) is 6.61 Å². The van der Waals surface area contributed by atoms with E-state index in [-0.39, 0.29) is 6.61 Å². The SMILES string of the molecule is Cc1nnc(-c2ccccc2-c2ccccc2CO)s1. The number of benzene rings is 2. The second-order valence-corrected chi connectivity index (χ2v) is 5.67. The van der Waals surface area contributed by atoms with Crippen molar-refractivity contribution in [3.8, 4) is 21.7 Å². The molecule has 2 aromatic carbocycles. The molecule has 0 aliphatic heterocycles. The number of aryl methyl sites for hydroxylation is 1. The zero-order valence-corrected chi connectivity index (χ0v) is 11.9. The van der Waals surface area contributed by atoms with Crippen molar-refractivity contribution in [2.75, 3.05) is 0 Å². The van der Waals surface area contributed by atoms with Crippen molar-refractivity contribution in [3.63, 3.8) is 0 Å². The molecule has 20 heavy (non-hydrogen) atoms. The predicted octanol–water partition coefficient (Wildman–Crippen LogP) is 3.67. The van der Waals surface area contributed by atoms with E-state index in [4.69, 9.17) is 0 Å². The van der Waals surface area contributed by atoms with Crippen LogP contribution in [0.5, 0.6) is 0 Å². The molecule has 1 N–H and O–H groups in total. The van der Waals surface area contributed by atoms with E-state index in [2.05, 4.69) is 16.3 Å². The third kappa shape index (κ3) is 2.35. The molecule has 3 aromatic rings. The van der Waals surface area contributed by atoms with Crippen LogP contribution in [-0.2, 0) is 6.61 Å². The molecule has 0 saturated carbocycles. The fourth-order valence-corrected chi connectivity index (χ4v) is 2.96. The van der Waals surface area contributed by atoms with Gasteiger partial charge in [0.1, 0.15) is 10.0 Å². The van der Waals surface area contributed by atoms with Gasteiger partial charge in [0, 0.05) is 5.56 Å². The fourth-order valence-electron chi connectivity index (χ4n) is 2.23. The van der Waals surface area contributed by atoms with Gasteiger partial charge in [-0.1, -0.05) is 59.9 Å². The van der Waals surface area contributed by atoms with Crippen LogP contribution in [0.2, 0.25) is 0 Å². The molecule has 0 saturated heterocycles. The Morgan fingerprint density at radius 2 is 1.55 bits per heavy atom. The number of aromatic nitrogens is 2. The Kier molecular flexibility index (Phi) is 3.58. The monoisotopic (exact) mass is 282 g/mol. The van der Waals surface area contributed by atoms with Crippen molar-refractivity contribution in [2.45, 2.75) is 13.5 Å². The highest BCUT2D eigenvalue weighted by molar-refractivity contribution is 7.14. The van der Waals surface area contributed by atoms with Gasteiger partial charge in [-0.15, -0.1) is 10.2 Å². The van der Waals surface area contributed by atoms with Gasteiger partial charge in [0.2, 0.25) is 0 Å². The third-order valence-electron chi connectivity index (χ3n) is 3.16. The lowest BCUT2D eigenvalue weighted by Crippen LogP contribution is -1.91. The van der Waals surface area contributed by atoms with Gasteiger partial charge in [-0.3, -0.25) is 0 Å². The molecular weight excluding hydrogens is 268 g/mol. The zero-order chi connectivity index (χ0) is 13.9. The lowest BCUT2D eigenvalue weighted by molar-refractivity contribution is 0.282. The molecule has 3 nitrogen and oxygen atoms in total. The average Bonchev–Trinajstić information content (AvgIpc) is 2.93. The molecule has 0 atom stereocenters. The third-order valence-corrected chi connectivity index (χ3v) is 4.03. The van der Waals surface area contributed by atoms with Crippen molar-refractivity contribution in [1.82, 2.24) is 10.2 Å². The standard InChI is InChI=1S/C16H14N2OS/c1-11-17-18-16(20-11)15-9-5-4-8-14(15)13-7-3-2-6-12(13)10-19/h2-9,19H,10H2,1H3. The lowest BCUT2D eigenvalue weighted by atomic mass is 9.96.